The molecule has 0 amide bonds. The Bertz CT molecular complexity index is 383. The summed E-state index contributed by atoms with van der Waals surface area (Å²) in [6, 6.07) is 0. The molecule has 1 aromatic rings. The molecule has 1 rings (SSSR count). The SMILES string of the molecule is COCCNCc1cnc(N(C)CCC(F)(F)F)nc1. The van der Waals surface area contributed by atoms with Gasteiger partial charge in [-0.3, -0.25) is 0 Å². The van der Waals surface area contributed by atoms with E-state index in [1.54, 1.807) is 19.5 Å². The fourth-order valence-electron chi connectivity index (χ4n) is 1.44. The lowest BCUT2D eigenvalue weighted by Gasteiger charge is -2.17. The molecule has 114 valence electrons. The number of hydrogen-bond donors (Lipinski definition) is 1. The smallest absolute Gasteiger partial charge is 0.383 e. The number of aromatic nitrogens is 2. The van der Waals surface area contributed by atoms with E-state index in [0.717, 1.165) is 5.56 Å². The fourth-order valence-corrected chi connectivity index (χ4v) is 1.44. The Labute approximate surface area is 116 Å². The van der Waals surface area contributed by atoms with Gasteiger partial charge in [-0.05, 0) is 0 Å². The molecule has 1 N–H and O–H groups in total. The van der Waals surface area contributed by atoms with Crippen molar-refractivity contribution in [2.75, 3.05) is 38.8 Å². The highest BCUT2D eigenvalue weighted by molar-refractivity contribution is 5.28. The number of anilines is 1. The molecule has 1 heterocycles. The molecule has 0 radical (unpaired) electrons. The Hall–Kier alpha value is -1.41. The lowest BCUT2D eigenvalue weighted by molar-refractivity contribution is -0.132. The standard InChI is InChI=1S/C12H19F3N4O/c1-19(5-3-12(13,14)15)11-17-8-10(9-18-11)7-16-4-6-20-2/h8-9,16H,3-7H2,1-2H3. The topological polar surface area (TPSA) is 50.3 Å². The van der Waals surface area contributed by atoms with Gasteiger partial charge in [0.25, 0.3) is 0 Å². The Morgan fingerprint density at radius 3 is 2.50 bits per heavy atom. The molecule has 0 spiro atoms. The van der Waals surface area contributed by atoms with Crippen LogP contribution in [0.1, 0.15) is 12.0 Å². The molecule has 8 heteroatoms. The number of ether oxygens (including phenoxy) is 1. The third-order valence-corrected chi connectivity index (χ3v) is 2.58. The first-order chi connectivity index (χ1) is 9.42. The molecule has 0 saturated heterocycles. The first-order valence-corrected chi connectivity index (χ1v) is 6.21. The summed E-state index contributed by atoms with van der Waals surface area (Å²) in [5, 5.41) is 3.13. The molecule has 0 aliphatic carbocycles. The van der Waals surface area contributed by atoms with Gasteiger partial charge in [0.15, 0.2) is 0 Å². The molecular weight excluding hydrogens is 273 g/mol. The Kier molecular flexibility index (Phi) is 6.66. The molecule has 5 nitrogen and oxygen atoms in total. The highest BCUT2D eigenvalue weighted by Gasteiger charge is 2.27. The third kappa shape index (κ3) is 6.67. The summed E-state index contributed by atoms with van der Waals surface area (Å²) in [6.07, 6.45) is -1.84. The van der Waals surface area contributed by atoms with Crippen molar-refractivity contribution in [3.63, 3.8) is 0 Å². The van der Waals surface area contributed by atoms with Crippen molar-refractivity contribution in [1.82, 2.24) is 15.3 Å². The fraction of sp³-hybridized carbons (Fsp3) is 0.667. The largest absolute Gasteiger partial charge is 0.390 e. The third-order valence-electron chi connectivity index (χ3n) is 2.58. The van der Waals surface area contributed by atoms with Gasteiger partial charge in [-0.15, -0.1) is 0 Å². The quantitative estimate of drug-likeness (QED) is 0.738. The lowest BCUT2D eigenvalue weighted by Crippen LogP contribution is -2.25. The molecule has 0 aliphatic rings. The second-order valence-corrected chi connectivity index (χ2v) is 4.35. The molecule has 0 bridgehead atoms. The number of rotatable bonds is 8. The summed E-state index contributed by atoms with van der Waals surface area (Å²) in [4.78, 5) is 9.49. The van der Waals surface area contributed by atoms with Gasteiger partial charge in [-0.25, -0.2) is 9.97 Å². The van der Waals surface area contributed by atoms with E-state index in [-0.39, 0.29) is 12.5 Å². The van der Waals surface area contributed by atoms with Crippen LogP contribution in [0.15, 0.2) is 12.4 Å². The average molecular weight is 292 g/mol. The van der Waals surface area contributed by atoms with Gasteiger partial charge in [-0.1, -0.05) is 0 Å². The van der Waals surface area contributed by atoms with Crippen LogP contribution < -0.4 is 10.2 Å². The van der Waals surface area contributed by atoms with Crippen LogP contribution in [0.4, 0.5) is 19.1 Å². The van der Waals surface area contributed by atoms with E-state index in [1.807, 2.05) is 0 Å². The van der Waals surface area contributed by atoms with Gasteiger partial charge in [0.1, 0.15) is 0 Å². The predicted molar refractivity (Wildman–Crippen MR) is 69.6 cm³/mol. The first-order valence-electron chi connectivity index (χ1n) is 6.21. The van der Waals surface area contributed by atoms with Crippen LogP contribution in [0.2, 0.25) is 0 Å². The molecule has 0 saturated carbocycles. The van der Waals surface area contributed by atoms with Gasteiger partial charge in [0.05, 0.1) is 13.0 Å². The number of nitrogens with zero attached hydrogens (tertiary/aromatic N) is 3. The van der Waals surface area contributed by atoms with Crippen molar-refractivity contribution in [3.8, 4) is 0 Å². The van der Waals surface area contributed by atoms with Crippen LogP contribution in [-0.2, 0) is 11.3 Å². The molecule has 1 aromatic heterocycles. The predicted octanol–water partition coefficient (Wildman–Crippen LogP) is 1.60. The first kappa shape index (κ1) is 16.6. The second kappa shape index (κ2) is 8.01. The summed E-state index contributed by atoms with van der Waals surface area (Å²) < 4.78 is 41.2. The zero-order chi connectivity index (χ0) is 15.0. The normalized spacial score (nSPS) is 11.7. The molecule has 0 unspecified atom stereocenters. The van der Waals surface area contributed by atoms with Crippen LogP contribution in [0.25, 0.3) is 0 Å². The molecule has 0 atom stereocenters. The zero-order valence-electron chi connectivity index (χ0n) is 11.6. The monoisotopic (exact) mass is 292 g/mol. The summed E-state index contributed by atoms with van der Waals surface area (Å²) in [5.41, 5.74) is 0.870. The van der Waals surface area contributed by atoms with Crippen molar-refractivity contribution in [2.24, 2.45) is 0 Å². The average Bonchev–Trinajstić information content (AvgIpc) is 2.41. The van der Waals surface area contributed by atoms with Crippen molar-refractivity contribution in [1.29, 1.82) is 0 Å². The van der Waals surface area contributed by atoms with Crippen LogP contribution in [0.5, 0.6) is 0 Å². The van der Waals surface area contributed by atoms with Crippen molar-refractivity contribution >= 4 is 5.95 Å². The maximum atomic E-state index is 12.1. The van der Waals surface area contributed by atoms with Gasteiger partial charge < -0.3 is 15.0 Å². The molecule has 20 heavy (non-hydrogen) atoms. The maximum Gasteiger partial charge on any atom is 0.390 e. The number of hydrogen-bond acceptors (Lipinski definition) is 5. The van der Waals surface area contributed by atoms with Crippen LogP contribution in [0, 0.1) is 0 Å². The van der Waals surface area contributed by atoms with E-state index in [0.29, 0.717) is 19.7 Å². The lowest BCUT2D eigenvalue weighted by atomic mass is 10.3. The van der Waals surface area contributed by atoms with Gasteiger partial charge in [-0.2, -0.15) is 13.2 Å². The molecule has 0 fully saturated rings. The van der Waals surface area contributed by atoms with Crippen molar-refractivity contribution < 1.29 is 17.9 Å². The Morgan fingerprint density at radius 1 is 1.30 bits per heavy atom. The van der Waals surface area contributed by atoms with E-state index in [4.69, 9.17) is 4.74 Å². The van der Waals surface area contributed by atoms with E-state index in [9.17, 15) is 13.2 Å². The summed E-state index contributed by atoms with van der Waals surface area (Å²) >= 11 is 0. The number of methoxy groups -OCH3 is 1. The van der Waals surface area contributed by atoms with Gasteiger partial charge in [0, 0.05) is 51.7 Å². The van der Waals surface area contributed by atoms with Crippen molar-refractivity contribution in [3.05, 3.63) is 18.0 Å². The minimum atomic E-state index is -4.17. The van der Waals surface area contributed by atoms with Crippen LogP contribution in [0.3, 0.4) is 0 Å². The summed E-state index contributed by atoms with van der Waals surface area (Å²) in [7, 11) is 3.16. The molecule has 0 aromatic carbocycles. The number of nitrogens with one attached hydrogen (secondary N) is 1. The number of halogens is 3. The van der Waals surface area contributed by atoms with E-state index < -0.39 is 12.6 Å². The van der Waals surface area contributed by atoms with Crippen LogP contribution >= 0.6 is 0 Å². The Balaban J connectivity index is 2.41. The van der Waals surface area contributed by atoms with Crippen molar-refractivity contribution in [2.45, 2.75) is 19.1 Å². The summed E-state index contributed by atoms with van der Waals surface area (Å²) in [5.74, 6) is 0.287. The van der Waals surface area contributed by atoms with Crippen LogP contribution in [-0.4, -0.2) is 50.0 Å². The number of alkyl halides is 3. The molecular formula is C12H19F3N4O. The van der Waals surface area contributed by atoms with E-state index >= 15 is 0 Å². The maximum absolute atomic E-state index is 12.1. The van der Waals surface area contributed by atoms with E-state index in [2.05, 4.69) is 15.3 Å². The molecule has 0 aliphatic heterocycles. The Morgan fingerprint density at radius 2 is 1.95 bits per heavy atom. The zero-order valence-corrected chi connectivity index (χ0v) is 11.6. The van der Waals surface area contributed by atoms with Gasteiger partial charge >= 0.3 is 6.18 Å². The van der Waals surface area contributed by atoms with Gasteiger partial charge in [0.2, 0.25) is 5.95 Å². The summed E-state index contributed by atoms with van der Waals surface area (Å²) in [6.45, 7) is 1.76. The minimum Gasteiger partial charge on any atom is -0.383 e. The minimum absolute atomic E-state index is 0.158. The highest BCUT2D eigenvalue weighted by atomic mass is 19.4. The second-order valence-electron chi connectivity index (χ2n) is 4.35. The van der Waals surface area contributed by atoms with E-state index in [1.165, 1.54) is 11.9 Å². The highest BCUT2D eigenvalue weighted by Crippen LogP contribution is 2.20.